The van der Waals surface area contributed by atoms with Gasteiger partial charge in [-0.25, -0.2) is 8.78 Å². The Kier molecular flexibility index (Phi) is 6.21. The van der Waals surface area contributed by atoms with Crippen LogP contribution in [0, 0.1) is 17.6 Å². The molecule has 0 saturated carbocycles. The zero-order chi connectivity index (χ0) is 19.4. The van der Waals surface area contributed by atoms with E-state index in [1.165, 1.54) is 12.1 Å². The molecule has 2 aromatic rings. The first kappa shape index (κ1) is 19.5. The first-order chi connectivity index (χ1) is 12.9. The minimum absolute atomic E-state index is 0.0753. The van der Waals surface area contributed by atoms with E-state index in [0.717, 1.165) is 16.7 Å². The number of rotatable bonds is 7. The van der Waals surface area contributed by atoms with Gasteiger partial charge in [0.1, 0.15) is 17.3 Å². The predicted octanol–water partition coefficient (Wildman–Crippen LogP) is 4.59. The number of thiophene rings is 1. The highest BCUT2D eigenvalue weighted by Crippen LogP contribution is 2.22. The Morgan fingerprint density at radius 2 is 2.19 bits per heavy atom. The van der Waals surface area contributed by atoms with E-state index >= 15 is 0 Å². The van der Waals surface area contributed by atoms with Crippen molar-refractivity contribution >= 4 is 23.0 Å². The number of amides is 1. The number of nitrogens with zero attached hydrogens (tertiary/aromatic N) is 2. The van der Waals surface area contributed by atoms with E-state index in [1.54, 1.807) is 16.2 Å². The average Bonchev–Trinajstić information content (AvgIpc) is 3.27. The number of carbonyl (C=O) groups is 1. The predicted molar refractivity (Wildman–Crippen MR) is 102 cm³/mol. The molecule has 0 N–H and O–H groups in total. The van der Waals surface area contributed by atoms with Gasteiger partial charge in [-0.1, -0.05) is 31.1 Å². The van der Waals surface area contributed by atoms with Gasteiger partial charge in [0.05, 0.1) is 11.4 Å². The number of hydrogen-bond acceptors (Lipinski definition) is 4. The Balaban J connectivity index is 1.70. The van der Waals surface area contributed by atoms with Gasteiger partial charge in [0, 0.05) is 31.0 Å². The van der Waals surface area contributed by atoms with Crippen molar-refractivity contribution in [1.82, 2.24) is 4.90 Å². The Bertz CT molecular complexity index is 821. The molecule has 0 aliphatic carbocycles. The van der Waals surface area contributed by atoms with Crippen LogP contribution in [0.1, 0.15) is 37.1 Å². The summed E-state index contributed by atoms with van der Waals surface area (Å²) in [7, 11) is 0. The van der Waals surface area contributed by atoms with E-state index in [1.807, 2.05) is 31.4 Å². The summed E-state index contributed by atoms with van der Waals surface area (Å²) in [6.45, 7) is 4.30. The molecule has 1 aliphatic heterocycles. The summed E-state index contributed by atoms with van der Waals surface area (Å²) in [6.07, 6.45) is 0.674. The molecule has 0 bridgehead atoms. The van der Waals surface area contributed by atoms with Crippen LogP contribution in [0.4, 0.5) is 8.78 Å². The van der Waals surface area contributed by atoms with Crippen LogP contribution in [0.25, 0.3) is 0 Å². The smallest absolute Gasteiger partial charge is 0.223 e. The number of carbonyl (C=O) groups excluding carboxylic acids is 1. The van der Waals surface area contributed by atoms with E-state index in [4.69, 9.17) is 4.84 Å². The monoisotopic (exact) mass is 392 g/mol. The van der Waals surface area contributed by atoms with E-state index in [0.29, 0.717) is 19.4 Å². The van der Waals surface area contributed by atoms with Crippen LogP contribution in [0.15, 0.2) is 40.9 Å². The number of benzene rings is 1. The number of halogens is 2. The van der Waals surface area contributed by atoms with Gasteiger partial charge in [0.2, 0.25) is 5.91 Å². The molecular formula is C20H22F2N2O2S. The second-order valence-electron chi connectivity index (χ2n) is 7.05. The maximum atomic E-state index is 14.1. The van der Waals surface area contributed by atoms with E-state index < -0.39 is 11.6 Å². The van der Waals surface area contributed by atoms with Crippen LogP contribution >= 0.6 is 11.3 Å². The van der Waals surface area contributed by atoms with Gasteiger partial charge in [-0.15, -0.1) is 11.3 Å². The number of hydrogen-bond donors (Lipinski definition) is 0. The molecule has 1 atom stereocenters. The first-order valence-electron chi connectivity index (χ1n) is 8.90. The van der Waals surface area contributed by atoms with Crippen LogP contribution in [0.5, 0.6) is 0 Å². The minimum Gasteiger partial charge on any atom is -0.390 e. The Labute approximate surface area is 161 Å². The topological polar surface area (TPSA) is 41.9 Å². The maximum absolute atomic E-state index is 14.1. The largest absolute Gasteiger partial charge is 0.390 e. The molecule has 0 unspecified atom stereocenters. The fraction of sp³-hybridized carbons (Fsp3) is 0.400. The summed E-state index contributed by atoms with van der Waals surface area (Å²) in [5.74, 6) is -1.19. The van der Waals surface area contributed by atoms with Crippen LogP contribution in [0.3, 0.4) is 0 Å². The Morgan fingerprint density at radius 1 is 1.37 bits per heavy atom. The van der Waals surface area contributed by atoms with Gasteiger partial charge in [-0.3, -0.25) is 4.79 Å². The second kappa shape index (κ2) is 8.61. The standard InChI is InChI=1S/C20H22F2N2O2S/c1-13(2)8-20(25)24(11-14-5-6-15(21)9-17(14)22)12-16-10-18(23-26-16)19-4-3-7-27-19/h3-7,9,13,16H,8,10-12H2,1-2H3/t16-/m1/s1. The van der Waals surface area contributed by atoms with Gasteiger partial charge in [0.15, 0.2) is 6.10 Å². The molecule has 1 aliphatic rings. The van der Waals surface area contributed by atoms with Crippen LogP contribution in [0.2, 0.25) is 0 Å². The van der Waals surface area contributed by atoms with Crippen LogP contribution in [-0.2, 0) is 16.2 Å². The van der Waals surface area contributed by atoms with Gasteiger partial charge in [0.25, 0.3) is 0 Å². The third-order valence-electron chi connectivity index (χ3n) is 4.27. The van der Waals surface area contributed by atoms with E-state index in [-0.39, 0.29) is 30.0 Å². The normalized spacial score (nSPS) is 16.3. The van der Waals surface area contributed by atoms with Crippen molar-refractivity contribution in [3.05, 3.63) is 57.8 Å². The molecule has 0 saturated heterocycles. The zero-order valence-electron chi connectivity index (χ0n) is 15.3. The molecule has 2 heterocycles. The van der Waals surface area contributed by atoms with Crippen LogP contribution in [-0.4, -0.2) is 29.2 Å². The maximum Gasteiger partial charge on any atom is 0.223 e. The zero-order valence-corrected chi connectivity index (χ0v) is 16.1. The van der Waals surface area contributed by atoms with Crippen molar-refractivity contribution in [2.24, 2.45) is 11.1 Å². The van der Waals surface area contributed by atoms with Crippen molar-refractivity contribution in [3.8, 4) is 0 Å². The SMILES string of the molecule is CC(C)CC(=O)N(Cc1ccc(F)cc1F)C[C@H]1CC(c2cccs2)=NO1. The lowest BCUT2D eigenvalue weighted by atomic mass is 10.1. The molecule has 0 radical (unpaired) electrons. The van der Waals surface area contributed by atoms with Crippen molar-refractivity contribution in [3.63, 3.8) is 0 Å². The highest BCUT2D eigenvalue weighted by atomic mass is 32.1. The molecule has 27 heavy (non-hydrogen) atoms. The lowest BCUT2D eigenvalue weighted by Gasteiger charge is -2.26. The van der Waals surface area contributed by atoms with Crippen LogP contribution < -0.4 is 0 Å². The fourth-order valence-corrected chi connectivity index (χ4v) is 3.67. The van der Waals surface area contributed by atoms with E-state index in [2.05, 4.69) is 5.16 Å². The summed E-state index contributed by atoms with van der Waals surface area (Å²) in [4.78, 5) is 20.8. The summed E-state index contributed by atoms with van der Waals surface area (Å²) in [5, 5.41) is 6.11. The molecular weight excluding hydrogens is 370 g/mol. The molecule has 7 heteroatoms. The summed E-state index contributed by atoms with van der Waals surface area (Å²) >= 11 is 1.59. The lowest BCUT2D eigenvalue weighted by molar-refractivity contribution is -0.134. The highest BCUT2D eigenvalue weighted by molar-refractivity contribution is 7.12. The third-order valence-corrected chi connectivity index (χ3v) is 5.19. The molecule has 4 nitrogen and oxygen atoms in total. The molecule has 0 spiro atoms. The minimum atomic E-state index is -0.653. The first-order valence-corrected chi connectivity index (χ1v) is 9.78. The van der Waals surface area contributed by atoms with Gasteiger partial charge >= 0.3 is 0 Å². The average molecular weight is 392 g/mol. The second-order valence-corrected chi connectivity index (χ2v) is 8.00. The summed E-state index contributed by atoms with van der Waals surface area (Å²) in [5.41, 5.74) is 1.14. The van der Waals surface area contributed by atoms with Crippen molar-refractivity contribution in [1.29, 1.82) is 0 Å². The highest BCUT2D eigenvalue weighted by Gasteiger charge is 2.28. The molecule has 144 valence electrons. The van der Waals surface area contributed by atoms with Gasteiger partial charge in [-0.05, 0) is 23.4 Å². The summed E-state index contributed by atoms with van der Waals surface area (Å²) < 4.78 is 27.2. The molecule has 1 aromatic heterocycles. The third kappa shape index (κ3) is 5.13. The molecule has 3 rings (SSSR count). The van der Waals surface area contributed by atoms with Crippen molar-refractivity contribution in [2.45, 2.75) is 39.3 Å². The van der Waals surface area contributed by atoms with Gasteiger partial charge < -0.3 is 9.74 Å². The lowest BCUT2D eigenvalue weighted by Crippen LogP contribution is -2.38. The Morgan fingerprint density at radius 3 is 2.85 bits per heavy atom. The molecule has 1 aromatic carbocycles. The van der Waals surface area contributed by atoms with Crippen molar-refractivity contribution < 1.29 is 18.4 Å². The number of oxime groups is 1. The summed E-state index contributed by atoms with van der Waals surface area (Å²) in [6, 6.07) is 7.35. The van der Waals surface area contributed by atoms with Gasteiger partial charge in [-0.2, -0.15) is 0 Å². The Hall–Kier alpha value is -2.28. The van der Waals surface area contributed by atoms with Crippen molar-refractivity contribution in [2.75, 3.05) is 6.54 Å². The fourth-order valence-electron chi connectivity index (χ4n) is 2.95. The van der Waals surface area contributed by atoms with E-state index in [9.17, 15) is 13.6 Å². The molecule has 1 amide bonds. The molecule has 0 fully saturated rings. The quantitative estimate of drug-likeness (QED) is 0.691.